The van der Waals surface area contributed by atoms with Crippen LogP contribution in [0.15, 0.2) is 42.5 Å². The Morgan fingerprint density at radius 1 is 1.27 bits per heavy atom. The van der Waals surface area contributed by atoms with Crippen molar-refractivity contribution >= 4 is 17.2 Å². The zero-order valence-corrected chi connectivity index (χ0v) is 15.1. The summed E-state index contributed by atoms with van der Waals surface area (Å²) >= 11 is 1.09. The first kappa shape index (κ1) is 18.9. The van der Waals surface area contributed by atoms with E-state index in [-0.39, 0.29) is 17.6 Å². The fourth-order valence-corrected chi connectivity index (χ4v) is 4.13. The van der Waals surface area contributed by atoms with Crippen molar-refractivity contribution in [1.29, 1.82) is 0 Å². The fraction of sp³-hybridized carbons (Fsp3) is 0.421. The Morgan fingerprint density at radius 3 is 2.62 bits per heavy atom. The molecule has 1 aromatic heterocycles. The molecule has 2 aromatic rings. The molecule has 0 spiro atoms. The topological polar surface area (TPSA) is 29.5 Å². The van der Waals surface area contributed by atoms with Crippen LogP contribution in [0.3, 0.4) is 0 Å². The van der Waals surface area contributed by atoms with E-state index < -0.39 is 24.4 Å². The Bertz CT molecular complexity index is 745. The van der Waals surface area contributed by atoms with Crippen molar-refractivity contribution in [2.45, 2.75) is 37.9 Å². The summed E-state index contributed by atoms with van der Waals surface area (Å²) in [4.78, 5) is 15.1. The molecule has 26 heavy (non-hydrogen) atoms. The van der Waals surface area contributed by atoms with E-state index in [2.05, 4.69) is 0 Å². The summed E-state index contributed by atoms with van der Waals surface area (Å²) in [5.41, 5.74) is 1.03. The van der Waals surface area contributed by atoms with Crippen molar-refractivity contribution in [2.24, 2.45) is 0 Å². The zero-order chi connectivity index (χ0) is 18.7. The molecule has 1 aliphatic rings. The first-order chi connectivity index (χ1) is 12.3. The van der Waals surface area contributed by atoms with Crippen molar-refractivity contribution in [2.75, 3.05) is 13.3 Å². The number of nitrogens with zero attached hydrogens (tertiary/aromatic N) is 1. The highest BCUT2D eigenvalue weighted by atomic mass is 32.1. The summed E-state index contributed by atoms with van der Waals surface area (Å²) in [5.74, 6) is -2.29. The summed E-state index contributed by atoms with van der Waals surface area (Å²) in [7, 11) is 0. The van der Waals surface area contributed by atoms with Crippen LogP contribution in [0.2, 0.25) is 0 Å². The minimum atomic E-state index is -4.46. The average Bonchev–Trinajstić information content (AvgIpc) is 3.21. The molecule has 0 saturated carbocycles. The lowest BCUT2D eigenvalue weighted by atomic mass is 10.0. The minimum Gasteiger partial charge on any atom is -0.359 e. The van der Waals surface area contributed by atoms with E-state index >= 15 is 0 Å². The molecule has 1 fully saturated rings. The number of thiophene rings is 1. The van der Waals surface area contributed by atoms with Gasteiger partial charge in [-0.2, -0.15) is 13.2 Å². The Kier molecular flexibility index (Phi) is 5.67. The number of ether oxygens (including phenoxy) is 1. The Labute approximate surface area is 154 Å². The van der Waals surface area contributed by atoms with Gasteiger partial charge in [0.15, 0.2) is 0 Å². The van der Waals surface area contributed by atoms with E-state index in [0.29, 0.717) is 13.0 Å². The fourth-order valence-electron chi connectivity index (χ4n) is 3.12. The van der Waals surface area contributed by atoms with Gasteiger partial charge in [-0.25, -0.2) is 0 Å². The van der Waals surface area contributed by atoms with Crippen LogP contribution in [0.5, 0.6) is 0 Å². The summed E-state index contributed by atoms with van der Waals surface area (Å²) in [5, 5.41) is 0. The third kappa shape index (κ3) is 4.45. The predicted molar refractivity (Wildman–Crippen MR) is 94.1 cm³/mol. The van der Waals surface area contributed by atoms with Crippen LogP contribution in [0.4, 0.5) is 13.2 Å². The molecule has 0 radical (unpaired) electrons. The number of aryl methyl sites for hydroxylation is 1. The summed E-state index contributed by atoms with van der Waals surface area (Å²) in [6.45, 7) is 2.15. The summed E-state index contributed by atoms with van der Waals surface area (Å²) < 4.78 is 45.9. The highest BCUT2D eigenvalue weighted by Gasteiger charge is 2.44. The number of benzene rings is 1. The SMILES string of the molecule is Cc1ccc([C@H](CC(=O)N2COC[C@H]2Cc2ccccc2)C(F)(F)F)s1. The van der Waals surface area contributed by atoms with E-state index in [4.69, 9.17) is 4.74 Å². The van der Waals surface area contributed by atoms with E-state index in [1.807, 2.05) is 30.3 Å². The largest absolute Gasteiger partial charge is 0.397 e. The van der Waals surface area contributed by atoms with Gasteiger partial charge in [0.05, 0.1) is 18.6 Å². The summed E-state index contributed by atoms with van der Waals surface area (Å²) in [6, 6.07) is 12.5. The Morgan fingerprint density at radius 2 is 2.00 bits per heavy atom. The van der Waals surface area contributed by atoms with Crippen molar-refractivity contribution in [3.05, 3.63) is 57.8 Å². The molecule has 1 aromatic carbocycles. The van der Waals surface area contributed by atoms with Gasteiger partial charge in [-0.15, -0.1) is 11.3 Å². The van der Waals surface area contributed by atoms with E-state index in [9.17, 15) is 18.0 Å². The second-order valence-electron chi connectivity index (χ2n) is 6.45. The summed E-state index contributed by atoms with van der Waals surface area (Å²) in [6.07, 6.45) is -4.47. The van der Waals surface area contributed by atoms with Crippen molar-refractivity contribution < 1.29 is 22.7 Å². The smallest absolute Gasteiger partial charge is 0.359 e. The maximum absolute atomic E-state index is 13.5. The second-order valence-corrected chi connectivity index (χ2v) is 7.77. The maximum Gasteiger partial charge on any atom is 0.397 e. The van der Waals surface area contributed by atoms with Gasteiger partial charge in [-0.1, -0.05) is 30.3 Å². The molecule has 3 nitrogen and oxygen atoms in total. The number of halogens is 3. The van der Waals surface area contributed by atoms with E-state index in [0.717, 1.165) is 21.8 Å². The number of carbonyl (C=O) groups excluding carboxylic acids is 1. The zero-order valence-electron chi connectivity index (χ0n) is 14.3. The molecule has 140 valence electrons. The van der Waals surface area contributed by atoms with Crippen LogP contribution in [-0.4, -0.2) is 36.4 Å². The van der Waals surface area contributed by atoms with Gasteiger partial charge in [0.25, 0.3) is 0 Å². The third-order valence-corrected chi connectivity index (χ3v) is 5.61. The van der Waals surface area contributed by atoms with E-state index in [1.54, 1.807) is 13.0 Å². The van der Waals surface area contributed by atoms with Crippen LogP contribution in [0.25, 0.3) is 0 Å². The molecule has 2 heterocycles. The number of hydrogen-bond donors (Lipinski definition) is 0. The number of amides is 1. The molecule has 0 bridgehead atoms. The van der Waals surface area contributed by atoms with Gasteiger partial charge in [-0.3, -0.25) is 4.79 Å². The van der Waals surface area contributed by atoms with Gasteiger partial charge in [0.1, 0.15) is 6.73 Å². The highest BCUT2D eigenvalue weighted by Crippen LogP contribution is 2.41. The standard InChI is InChI=1S/C19H20F3NO2S/c1-13-7-8-17(26-13)16(19(20,21)22)10-18(24)23-12-25-11-15(23)9-14-5-3-2-4-6-14/h2-8,15-16H,9-12H2,1H3/t15-,16+/m1/s1. The minimum absolute atomic E-state index is 0.0460. The van der Waals surface area contributed by atoms with Crippen LogP contribution in [0.1, 0.15) is 27.7 Å². The van der Waals surface area contributed by atoms with Gasteiger partial charge >= 0.3 is 6.18 Å². The third-order valence-electron chi connectivity index (χ3n) is 4.49. The lowest BCUT2D eigenvalue weighted by molar-refractivity contribution is -0.160. The van der Waals surface area contributed by atoms with E-state index in [1.165, 1.54) is 11.0 Å². The van der Waals surface area contributed by atoms with Crippen molar-refractivity contribution in [1.82, 2.24) is 4.90 Å². The predicted octanol–water partition coefficient (Wildman–Crippen LogP) is 4.52. The van der Waals surface area contributed by atoms with Crippen LogP contribution in [-0.2, 0) is 16.0 Å². The van der Waals surface area contributed by atoms with Crippen LogP contribution < -0.4 is 0 Å². The lowest BCUT2D eigenvalue weighted by Crippen LogP contribution is -2.39. The Balaban J connectivity index is 1.72. The average molecular weight is 383 g/mol. The second kappa shape index (κ2) is 7.80. The molecule has 2 atom stereocenters. The monoisotopic (exact) mass is 383 g/mol. The maximum atomic E-state index is 13.5. The molecule has 1 aliphatic heterocycles. The van der Waals surface area contributed by atoms with Crippen LogP contribution >= 0.6 is 11.3 Å². The van der Waals surface area contributed by atoms with Crippen LogP contribution in [0, 0.1) is 6.92 Å². The molecule has 0 unspecified atom stereocenters. The molecule has 1 saturated heterocycles. The number of alkyl halides is 3. The first-order valence-electron chi connectivity index (χ1n) is 8.39. The molecule has 1 amide bonds. The molecule has 0 aliphatic carbocycles. The molecular weight excluding hydrogens is 363 g/mol. The quantitative estimate of drug-likeness (QED) is 0.760. The van der Waals surface area contributed by atoms with Gasteiger partial charge in [0.2, 0.25) is 5.91 Å². The highest BCUT2D eigenvalue weighted by molar-refractivity contribution is 7.12. The van der Waals surface area contributed by atoms with Crippen molar-refractivity contribution in [3.8, 4) is 0 Å². The van der Waals surface area contributed by atoms with Gasteiger partial charge < -0.3 is 9.64 Å². The Hall–Kier alpha value is -1.86. The number of carbonyl (C=O) groups is 1. The molecule has 3 rings (SSSR count). The van der Waals surface area contributed by atoms with Crippen molar-refractivity contribution in [3.63, 3.8) is 0 Å². The number of rotatable bonds is 5. The molecule has 0 N–H and O–H groups in total. The van der Waals surface area contributed by atoms with Gasteiger partial charge in [0, 0.05) is 16.2 Å². The van der Waals surface area contributed by atoms with Gasteiger partial charge in [-0.05, 0) is 31.0 Å². The first-order valence-corrected chi connectivity index (χ1v) is 9.20. The molecular formula is C19H20F3NO2S. The molecule has 7 heteroatoms. The number of hydrogen-bond acceptors (Lipinski definition) is 3. The lowest BCUT2D eigenvalue weighted by Gasteiger charge is -2.26. The normalized spacial score (nSPS) is 18.9.